The van der Waals surface area contributed by atoms with Gasteiger partial charge in [-0.1, -0.05) is 12.1 Å². The number of anilines is 2. The number of hydrogen-bond donors (Lipinski definition) is 2. The largest absolute Gasteiger partial charge is 0.457 e. The zero-order valence-corrected chi connectivity index (χ0v) is 25.4. The van der Waals surface area contributed by atoms with Crippen LogP contribution in [-0.2, 0) is 29.0 Å². The second-order valence-electron chi connectivity index (χ2n) is 10.6. The Labute approximate surface area is 264 Å². The molecule has 234 valence electrons. The highest BCUT2D eigenvalue weighted by atomic mass is 32.2. The van der Waals surface area contributed by atoms with Crippen molar-refractivity contribution < 1.29 is 37.1 Å². The summed E-state index contributed by atoms with van der Waals surface area (Å²) in [6.07, 6.45) is 0.650. The number of sulfone groups is 1. The molecule has 2 N–H and O–H groups in total. The minimum atomic E-state index is -3.88. The Bertz CT molecular complexity index is 1950. The van der Waals surface area contributed by atoms with Gasteiger partial charge < -0.3 is 9.47 Å². The van der Waals surface area contributed by atoms with Crippen LogP contribution >= 0.6 is 0 Å². The van der Waals surface area contributed by atoms with Gasteiger partial charge in [-0.3, -0.25) is 30.0 Å². The van der Waals surface area contributed by atoms with E-state index in [1.54, 1.807) is 67.6 Å². The SMILES string of the molecule is Cc1cc(Oc2cccc(NN3C(=O)CCC3=O)c2)ccc1S(=O)(=O)c1ccc(Oc2cccc(NN3C(=O)CCC3=O)c2)cc1. The van der Waals surface area contributed by atoms with Crippen LogP contribution in [0.15, 0.2) is 101 Å². The minimum Gasteiger partial charge on any atom is -0.457 e. The van der Waals surface area contributed by atoms with E-state index in [0.717, 1.165) is 10.0 Å². The average Bonchev–Trinajstić information content (AvgIpc) is 3.52. The Hall–Kier alpha value is -5.69. The zero-order valence-electron chi connectivity index (χ0n) is 24.6. The second kappa shape index (κ2) is 12.4. The van der Waals surface area contributed by atoms with Gasteiger partial charge in [0.15, 0.2) is 0 Å². The van der Waals surface area contributed by atoms with E-state index in [1.165, 1.54) is 30.3 Å². The fourth-order valence-electron chi connectivity index (χ4n) is 4.99. The topological polar surface area (TPSA) is 151 Å². The molecule has 0 unspecified atom stereocenters. The average molecular weight is 641 g/mol. The minimum absolute atomic E-state index is 0.0721. The van der Waals surface area contributed by atoms with Gasteiger partial charge in [0, 0.05) is 37.8 Å². The fourth-order valence-corrected chi connectivity index (χ4v) is 6.47. The third kappa shape index (κ3) is 6.40. The van der Waals surface area contributed by atoms with E-state index in [-0.39, 0.29) is 59.1 Å². The number of carbonyl (C=O) groups is 4. The van der Waals surface area contributed by atoms with E-state index < -0.39 is 9.84 Å². The molecule has 13 heteroatoms. The quantitative estimate of drug-likeness (QED) is 0.217. The van der Waals surface area contributed by atoms with Crippen LogP contribution in [0.25, 0.3) is 0 Å². The van der Waals surface area contributed by atoms with E-state index in [4.69, 9.17) is 9.47 Å². The Balaban J connectivity index is 1.12. The fraction of sp³-hybridized carbons (Fsp3) is 0.152. The lowest BCUT2D eigenvalue weighted by Gasteiger charge is -2.17. The summed E-state index contributed by atoms with van der Waals surface area (Å²) in [7, 11) is -3.88. The van der Waals surface area contributed by atoms with Crippen LogP contribution in [0.5, 0.6) is 23.0 Å². The van der Waals surface area contributed by atoms with Gasteiger partial charge in [0.1, 0.15) is 23.0 Å². The summed E-state index contributed by atoms with van der Waals surface area (Å²) in [5.41, 5.74) is 7.04. The number of nitrogens with one attached hydrogen (secondary N) is 2. The lowest BCUT2D eigenvalue weighted by Crippen LogP contribution is -2.34. The van der Waals surface area contributed by atoms with E-state index >= 15 is 0 Å². The Morgan fingerprint density at radius 3 is 1.48 bits per heavy atom. The number of rotatable bonds is 10. The molecule has 2 saturated heterocycles. The van der Waals surface area contributed by atoms with Gasteiger partial charge in [0.2, 0.25) is 33.5 Å². The first-order valence-corrected chi connectivity index (χ1v) is 15.8. The first-order valence-electron chi connectivity index (χ1n) is 14.3. The number of nitrogens with zero attached hydrogens (tertiary/aromatic N) is 2. The van der Waals surface area contributed by atoms with Crippen molar-refractivity contribution in [2.45, 2.75) is 42.4 Å². The van der Waals surface area contributed by atoms with Crippen LogP contribution in [0.4, 0.5) is 11.4 Å². The van der Waals surface area contributed by atoms with Crippen LogP contribution in [0.2, 0.25) is 0 Å². The Kier molecular flexibility index (Phi) is 8.16. The van der Waals surface area contributed by atoms with Crippen LogP contribution in [0.1, 0.15) is 31.2 Å². The van der Waals surface area contributed by atoms with Crippen molar-refractivity contribution in [1.29, 1.82) is 0 Å². The van der Waals surface area contributed by atoms with E-state index in [1.807, 2.05) is 0 Å². The molecule has 0 radical (unpaired) electrons. The number of ether oxygens (including phenoxy) is 2. The molecule has 0 bridgehead atoms. The standard InChI is InChI=1S/C33H28N4O8S/c1-21-18-27(45-26-7-3-5-23(20-26)35-37-32(40)16-17-33(37)41)10-13-29(21)46(42,43)28-11-8-24(9-12-28)44-25-6-2-4-22(19-25)34-36-30(38)14-15-31(36)39/h2-13,18-20,34-35H,14-17H2,1H3. The van der Waals surface area contributed by atoms with Gasteiger partial charge >= 0.3 is 0 Å². The highest BCUT2D eigenvalue weighted by Crippen LogP contribution is 2.32. The predicted octanol–water partition coefficient (Wildman–Crippen LogP) is 5.36. The summed E-state index contributed by atoms with van der Waals surface area (Å²) < 4.78 is 38.8. The van der Waals surface area contributed by atoms with Crippen molar-refractivity contribution in [2.24, 2.45) is 0 Å². The van der Waals surface area contributed by atoms with E-state index in [2.05, 4.69) is 10.9 Å². The highest BCUT2D eigenvalue weighted by Gasteiger charge is 2.30. The molecule has 2 fully saturated rings. The molecule has 6 rings (SSSR count). The molecule has 0 aromatic heterocycles. The number of carbonyl (C=O) groups excluding carboxylic acids is 4. The van der Waals surface area contributed by atoms with Crippen LogP contribution < -0.4 is 20.3 Å². The van der Waals surface area contributed by atoms with Gasteiger partial charge in [0.05, 0.1) is 21.2 Å². The number of hydrazine groups is 2. The third-order valence-corrected chi connectivity index (χ3v) is 9.22. The van der Waals surface area contributed by atoms with Crippen molar-refractivity contribution >= 4 is 44.8 Å². The van der Waals surface area contributed by atoms with Crippen molar-refractivity contribution in [3.8, 4) is 23.0 Å². The molecule has 0 spiro atoms. The van der Waals surface area contributed by atoms with E-state index in [0.29, 0.717) is 39.9 Å². The maximum absolute atomic E-state index is 13.5. The normalized spacial score (nSPS) is 15.0. The molecular weight excluding hydrogens is 612 g/mol. The second-order valence-corrected chi connectivity index (χ2v) is 12.5. The summed E-state index contributed by atoms with van der Waals surface area (Å²) in [4.78, 5) is 47.8. The first-order chi connectivity index (χ1) is 22.1. The van der Waals surface area contributed by atoms with Crippen LogP contribution in [0, 0.1) is 6.92 Å². The first kappa shape index (κ1) is 30.3. The summed E-state index contributed by atoms with van der Waals surface area (Å²) in [5, 5.41) is 1.97. The molecular formula is C33H28N4O8S. The molecule has 0 atom stereocenters. The van der Waals surface area contributed by atoms with Gasteiger partial charge in [0.25, 0.3) is 0 Å². The highest BCUT2D eigenvalue weighted by molar-refractivity contribution is 7.91. The number of imide groups is 2. The van der Waals surface area contributed by atoms with E-state index in [9.17, 15) is 27.6 Å². The summed E-state index contributed by atoms with van der Waals surface area (Å²) >= 11 is 0. The van der Waals surface area contributed by atoms with Crippen molar-refractivity contribution in [3.05, 3.63) is 96.6 Å². The van der Waals surface area contributed by atoms with Crippen molar-refractivity contribution in [3.63, 3.8) is 0 Å². The lowest BCUT2D eigenvalue weighted by atomic mass is 10.2. The monoisotopic (exact) mass is 640 g/mol. The van der Waals surface area contributed by atoms with Crippen molar-refractivity contribution in [1.82, 2.24) is 10.0 Å². The molecule has 2 aliphatic rings. The zero-order chi connectivity index (χ0) is 32.4. The summed E-state index contributed by atoms with van der Waals surface area (Å²) in [5.74, 6) is 0.419. The van der Waals surface area contributed by atoms with Crippen LogP contribution in [-0.4, -0.2) is 42.1 Å². The maximum atomic E-state index is 13.5. The summed E-state index contributed by atoms with van der Waals surface area (Å²) in [6, 6.07) is 24.1. The number of amides is 4. The maximum Gasteiger partial charge on any atom is 0.248 e. The molecule has 4 amide bonds. The Morgan fingerprint density at radius 1 is 0.565 bits per heavy atom. The van der Waals surface area contributed by atoms with Gasteiger partial charge in [-0.05, 0) is 79.2 Å². The van der Waals surface area contributed by atoms with Crippen molar-refractivity contribution in [2.75, 3.05) is 10.9 Å². The lowest BCUT2D eigenvalue weighted by molar-refractivity contribution is -0.138. The molecule has 4 aromatic rings. The Morgan fingerprint density at radius 2 is 1.00 bits per heavy atom. The summed E-state index contributed by atoms with van der Waals surface area (Å²) in [6.45, 7) is 1.67. The van der Waals surface area contributed by atoms with Crippen LogP contribution in [0.3, 0.4) is 0 Å². The molecule has 46 heavy (non-hydrogen) atoms. The number of aryl methyl sites for hydroxylation is 1. The van der Waals surface area contributed by atoms with Gasteiger partial charge in [-0.15, -0.1) is 0 Å². The number of hydrogen-bond acceptors (Lipinski definition) is 10. The molecule has 4 aromatic carbocycles. The molecule has 0 aliphatic carbocycles. The molecule has 2 aliphatic heterocycles. The smallest absolute Gasteiger partial charge is 0.248 e. The number of benzene rings is 4. The van der Waals surface area contributed by atoms with Gasteiger partial charge in [-0.2, -0.15) is 10.0 Å². The van der Waals surface area contributed by atoms with Gasteiger partial charge in [-0.25, -0.2) is 8.42 Å². The molecule has 12 nitrogen and oxygen atoms in total. The third-order valence-electron chi connectivity index (χ3n) is 7.29. The predicted molar refractivity (Wildman–Crippen MR) is 166 cm³/mol. The molecule has 2 heterocycles. The molecule has 0 saturated carbocycles.